The molecule has 2 aromatic carbocycles. The van der Waals surface area contributed by atoms with Crippen LogP contribution in [0, 0.1) is 17.0 Å². The van der Waals surface area contributed by atoms with Gasteiger partial charge in [0.1, 0.15) is 17.7 Å². The number of hydrogen-bond donors (Lipinski definition) is 1. The molecule has 0 bridgehead atoms. The van der Waals surface area contributed by atoms with Crippen molar-refractivity contribution in [3.8, 4) is 11.1 Å². The Morgan fingerprint density at radius 3 is 2.44 bits per heavy atom. The van der Waals surface area contributed by atoms with E-state index in [0.717, 1.165) is 0 Å². The SMILES string of the molecule is O=C([C@H]1CCO1)N1CC2(CC2)C(NS(=O)(=O)CF)C1Cc1c(F)ccc(-c2ccccc2)c1F. The number of likely N-dealkylation sites (tertiary alicyclic amines) is 1. The molecule has 2 aromatic rings. The van der Waals surface area contributed by atoms with Gasteiger partial charge in [-0.3, -0.25) is 4.79 Å². The van der Waals surface area contributed by atoms with Crippen molar-refractivity contribution in [3.05, 3.63) is 59.7 Å². The van der Waals surface area contributed by atoms with Gasteiger partial charge in [-0.1, -0.05) is 30.3 Å². The number of amides is 1. The molecule has 0 radical (unpaired) electrons. The summed E-state index contributed by atoms with van der Waals surface area (Å²) in [6.07, 6.45) is 0.890. The molecular formula is C24H25F3N2O4S. The maximum atomic E-state index is 15.6. The summed E-state index contributed by atoms with van der Waals surface area (Å²) in [7, 11) is -4.26. The van der Waals surface area contributed by atoms with E-state index in [0.29, 0.717) is 31.4 Å². The molecule has 0 aromatic heterocycles. The first-order valence-corrected chi connectivity index (χ1v) is 12.9. The van der Waals surface area contributed by atoms with Crippen molar-refractivity contribution in [3.63, 3.8) is 0 Å². The fourth-order valence-electron chi connectivity index (χ4n) is 5.12. The molecule has 34 heavy (non-hydrogen) atoms. The van der Waals surface area contributed by atoms with Crippen LogP contribution >= 0.6 is 0 Å². The number of halogens is 3. The Morgan fingerprint density at radius 2 is 1.85 bits per heavy atom. The average Bonchev–Trinajstić information content (AvgIpc) is 3.50. The van der Waals surface area contributed by atoms with Gasteiger partial charge in [-0.15, -0.1) is 0 Å². The quantitative estimate of drug-likeness (QED) is 0.642. The molecule has 1 saturated carbocycles. The monoisotopic (exact) mass is 494 g/mol. The van der Waals surface area contributed by atoms with Crippen LogP contribution in [0.25, 0.3) is 11.1 Å². The summed E-state index contributed by atoms with van der Waals surface area (Å²) in [5.41, 5.74) is -0.0362. The predicted molar refractivity (Wildman–Crippen MR) is 119 cm³/mol. The van der Waals surface area contributed by atoms with Crippen LogP contribution in [0.5, 0.6) is 0 Å². The first-order chi connectivity index (χ1) is 16.2. The molecule has 2 saturated heterocycles. The zero-order valence-corrected chi connectivity index (χ0v) is 19.2. The minimum Gasteiger partial charge on any atom is -0.368 e. The van der Waals surface area contributed by atoms with E-state index in [9.17, 15) is 22.0 Å². The first kappa shape index (κ1) is 23.3. The minimum absolute atomic E-state index is 0.206. The van der Waals surface area contributed by atoms with E-state index in [1.807, 2.05) is 0 Å². The third kappa shape index (κ3) is 4.12. The largest absolute Gasteiger partial charge is 0.368 e. The van der Waals surface area contributed by atoms with Crippen LogP contribution in [0.3, 0.4) is 0 Å². The summed E-state index contributed by atoms with van der Waals surface area (Å²) >= 11 is 0. The van der Waals surface area contributed by atoms with Crippen molar-refractivity contribution in [2.45, 2.75) is 43.9 Å². The van der Waals surface area contributed by atoms with Crippen LogP contribution in [0.2, 0.25) is 0 Å². The van der Waals surface area contributed by atoms with E-state index in [-0.39, 0.29) is 30.0 Å². The maximum Gasteiger partial charge on any atom is 0.252 e. The van der Waals surface area contributed by atoms with E-state index in [1.54, 1.807) is 30.3 Å². The number of carbonyl (C=O) groups excluding carboxylic acids is 1. The Balaban J connectivity index is 1.54. The van der Waals surface area contributed by atoms with Gasteiger partial charge in [0.2, 0.25) is 16.0 Å². The molecule has 1 aliphatic carbocycles. The number of benzene rings is 2. The van der Waals surface area contributed by atoms with Gasteiger partial charge >= 0.3 is 0 Å². The topological polar surface area (TPSA) is 75.7 Å². The summed E-state index contributed by atoms with van der Waals surface area (Å²) in [6, 6.07) is 7.86. The molecule has 1 amide bonds. The summed E-state index contributed by atoms with van der Waals surface area (Å²) in [5.74, 6) is -1.87. The zero-order chi connectivity index (χ0) is 24.1. The molecule has 2 unspecified atom stereocenters. The molecule has 2 aliphatic heterocycles. The summed E-state index contributed by atoms with van der Waals surface area (Å²) in [4.78, 5) is 14.6. The van der Waals surface area contributed by atoms with Gasteiger partial charge < -0.3 is 9.64 Å². The number of carbonyl (C=O) groups is 1. The van der Waals surface area contributed by atoms with Crippen molar-refractivity contribution in [1.29, 1.82) is 0 Å². The van der Waals surface area contributed by atoms with Gasteiger partial charge in [0.05, 0.1) is 12.6 Å². The minimum atomic E-state index is -4.26. The Morgan fingerprint density at radius 1 is 1.15 bits per heavy atom. The van der Waals surface area contributed by atoms with Crippen LogP contribution in [0.4, 0.5) is 13.2 Å². The highest BCUT2D eigenvalue weighted by atomic mass is 32.2. The number of ether oxygens (including phenoxy) is 1. The number of nitrogens with one attached hydrogen (secondary N) is 1. The Bertz CT molecular complexity index is 1200. The fraction of sp³-hybridized carbons (Fsp3) is 0.458. The number of hydrogen-bond acceptors (Lipinski definition) is 4. The molecule has 3 fully saturated rings. The van der Waals surface area contributed by atoms with Gasteiger partial charge in [-0.2, -0.15) is 0 Å². The van der Waals surface area contributed by atoms with Crippen LogP contribution < -0.4 is 4.72 Å². The smallest absolute Gasteiger partial charge is 0.252 e. The maximum absolute atomic E-state index is 15.6. The van der Waals surface area contributed by atoms with Gasteiger partial charge in [-0.05, 0) is 30.5 Å². The molecule has 3 atom stereocenters. The lowest BCUT2D eigenvalue weighted by atomic mass is 9.91. The lowest BCUT2D eigenvalue weighted by molar-refractivity contribution is -0.157. The van der Waals surface area contributed by atoms with Crippen molar-refractivity contribution in [2.75, 3.05) is 19.2 Å². The summed E-state index contributed by atoms with van der Waals surface area (Å²) in [6.45, 7) is 0.678. The average molecular weight is 495 g/mol. The number of sulfonamides is 1. The van der Waals surface area contributed by atoms with Crippen LogP contribution in [-0.2, 0) is 26.0 Å². The Labute approximate surface area is 196 Å². The highest BCUT2D eigenvalue weighted by molar-refractivity contribution is 7.89. The molecule has 1 N–H and O–H groups in total. The molecule has 5 rings (SSSR count). The van der Waals surface area contributed by atoms with Crippen LogP contribution in [0.15, 0.2) is 42.5 Å². The normalized spacial score (nSPS) is 25.4. The van der Waals surface area contributed by atoms with Crippen LogP contribution in [-0.4, -0.2) is 56.6 Å². The second kappa shape index (κ2) is 8.66. The Hall–Kier alpha value is -2.43. The first-order valence-electron chi connectivity index (χ1n) is 11.2. The van der Waals surface area contributed by atoms with Crippen molar-refractivity contribution >= 4 is 15.9 Å². The van der Waals surface area contributed by atoms with E-state index in [2.05, 4.69) is 4.72 Å². The van der Waals surface area contributed by atoms with Crippen molar-refractivity contribution in [1.82, 2.24) is 9.62 Å². The second-order valence-electron chi connectivity index (χ2n) is 9.32. The van der Waals surface area contributed by atoms with E-state index in [4.69, 9.17) is 4.74 Å². The van der Waals surface area contributed by atoms with E-state index in [1.165, 1.54) is 17.0 Å². The van der Waals surface area contributed by atoms with Gasteiger partial charge in [-0.25, -0.2) is 26.3 Å². The summed E-state index contributed by atoms with van der Waals surface area (Å²) < 4.78 is 75.8. The fourth-order valence-corrected chi connectivity index (χ4v) is 5.98. The highest BCUT2D eigenvalue weighted by Gasteiger charge is 2.62. The second-order valence-corrected chi connectivity index (χ2v) is 11.0. The number of alkyl halides is 1. The van der Waals surface area contributed by atoms with E-state index >= 15 is 4.39 Å². The van der Waals surface area contributed by atoms with Gasteiger partial charge in [0.15, 0.2) is 0 Å². The molecule has 1 spiro atoms. The summed E-state index contributed by atoms with van der Waals surface area (Å²) in [5, 5.41) is 0. The molecule has 2 heterocycles. The third-order valence-electron chi connectivity index (χ3n) is 7.21. The zero-order valence-electron chi connectivity index (χ0n) is 18.3. The number of nitrogens with zero attached hydrogens (tertiary/aromatic N) is 1. The predicted octanol–water partition coefficient (Wildman–Crippen LogP) is 3.17. The lowest BCUT2D eigenvalue weighted by Crippen LogP contribution is -2.53. The lowest BCUT2D eigenvalue weighted by Gasteiger charge is -2.34. The van der Waals surface area contributed by atoms with Crippen molar-refractivity contribution in [2.24, 2.45) is 5.41 Å². The molecule has 182 valence electrons. The molecular weight excluding hydrogens is 469 g/mol. The van der Waals surface area contributed by atoms with Crippen LogP contribution in [0.1, 0.15) is 24.8 Å². The molecule has 3 aliphatic rings. The third-order valence-corrected chi connectivity index (χ3v) is 8.11. The number of rotatable bonds is 7. The Kier molecular flexibility index (Phi) is 5.94. The molecule has 6 nitrogen and oxygen atoms in total. The highest BCUT2D eigenvalue weighted by Crippen LogP contribution is 2.56. The molecule has 10 heteroatoms. The van der Waals surface area contributed by atoms with E-state index < -0.39 is 51.3 Å². The van der Waals surface area contributed by atoms with Gasteiger partial charge in [0.25, 0.3) is 5.91 Å². The van der Waals surface area contributed by atoms with Gasteiger partial charge in [0, 0.05) is 42.0 Å². The van der Waals surface area contributed by atoms with Crippen molar-refractivity contribution < 1.29 is 31.1 Å². The standard InChI is InChI=1S/C24H25F3N2O4S/c25-14-34(31,32)28-22-19(29(13-24(22)9-10-24)23(30)20-8-11-33-20)12-17-18(26)7-6-16(21(17)27)15-4-2-1-3-5-15/h1-7,19-20,22,28H,8-14H2/t19?,20-,22?/m1/s1.